The van der Waals surface area contributed by atoms with E-state index in [9.17, 15) is 14.4 Å². The van der Waals surface area contributed by atoms with Crippen molar-refractivity contribution in [1.82, 2.24) is 34.5 Å². The van der Waals surface area contributed by atoms with Gasteiger partial charge in [0.15, 0.2) is 18.2 Å². The first kappa shape index (κ1) is 39.2. The van der Waals surface area contributed by atoms with Crippen molar-refractivity contribution in [2.45, 2.75) is 56.4 Å². The monoisotopic (exact) mass is 839 g/mol. The maximum absolute atomic E-state index is 15.3. The molecule has 4 fully saturated rings. The fourth-order valence-electron chi connectivity index (χ4n) is 9.68. The van der Waals surface area contributed by atoms with Gasteiger partial charge in [-0.1, -0.05) is 12.1 Å². The van der Waals surface area contributed by atoms with Crippen molar-refractivity contribution < 1.29 is 27.5 Å². The molecule has 2 aromatic carbocycles. The summed E-state index contributed by atoms with van der Waals surface area (Å²) < 4.78 is 54.2. The molecule has 5 aromatic rings. The number of piperazine rings is 1. The molecule has 2 unspecified atom stereocenters. The highest BCUT2D eigenvalue weighted by Crippen LogP contribution is 2.46. The van der Waals surface area contributed by atoms with Gasteiger partial charge in [-0.15, -0.1) is 0 Å². The summed E-state index contributed by atoms with van der Waals surface area (Å²) in [5.41, 5.74) is 3.51. The highest BCUT2D eigenvalue weighted by atomic mass is 19.3. The number of amides is 2. The van der Waals surface area contributed by atoms with Crippen LogP contribution in [-0.2, 0) is 23.7 Å². The highest BCUT2D eigenvalue weighted by molar-refractivity contribution is 6.03. The molecular formula is C43H48F3N11O4. The second-order valence-electron chi connectivity index (χ2n) is 17.2. The molecule has 3 N–H and O–H groups in total. The Labute approximate surface area is 349 Å². The average Bonchev–Trinajstić information content (AvgIpc) is 4.05. The van der Waals surface area contributed by atoms with Crippen LogP contribution in [0.15, 0.2) is 47.4 Å². The number of aromatic nitrogens is 5. The second kappa shape index (κ2) is 15.2. The molecule has 1 aliphatic carbocycles. The van der Waals surface area contributed by atoms with E-state index in [0.29, 0.717) is 67.2 Å². The Morgan fingerprint density at radius 2 is 1.72 bits per heavy atom. The first-order valence-electron chi connectivity index (χ1n) is 21.2. The second-order valence-corrected chi connectivity index (χ2v) is 17.2. The number of hydrogen-bond acceptors (Lipinski definition) is 12. The Morgan fingerprint density at radius 3 is 2.48 bits per heavy atom. The smallest absolute Gasteiger partial charge is 0.301 e. The molecule has 2 amide bonds. The lowest BCUT2D eigenvalue weighted by atomic mass is 9.92. The van der Waals surface area contributed by atoms with Crippen LogP contribution in [0, 0.1) is 17.7 Å². The summed E-state index contributed by atoms with van der Waals surface area (Å²) in [6, 6.07) is 10.1. The quantitative estimate of drug-likeness (QED) is 0.183. The van der Waals surface area contributed by atoms with E-state index in [1.807, 2.05) is 23.9 Å². The fourth-order valence-corrected chi connectivity index (χ4v) is 9.68. The van der Waals surface area contributed by atoms with Crippen molar-refractivity contribution in [1.29, 1.82) is 0 Å². The van der Waals surface area contributed by atoms with Crippen LogP contribution in [0.5, 0.6) is 5.75 Å². The van der Waals surface area contributed by atoms with Gasteiger partial charge in [0, 0.05) is 82.8 Å². The number of nitrogens with one attached hydrogen (secondary N) is 3. The average molecular weight is 840 g/mol. The van der Waals surface area contributed by atoms with Crippen LogP contribution in [0.2, 0.25) is 0 Å². The van der Waals surface area contributed by atoms with Crippen molar-refractivity contribution in [2.75, 3.05) is 72.9 Å². The van der Waals surface area contributed by atoms with Crippen LogP contribution in [0.3, 0.4) is 0 Å². The van der Waals surface area contributed by atoms with Gasteiger partial charge in [0.05, 0.1) is 46.3 Å². The zero-order valence-electron chi connectivity index (χ0n) is 34.1. The summed E-state index contributed by atoms with van der Waals surface area (Å²) in [7, 11) is 3.48. The zero-order valence-corrected chi connectivity index (χ0v) is 34.1. The Balaban J connectivity index is 0.777. The summed E-state index contributed by atoms with van der Waals surface area (Å²) in [5, 5.41) is 14.7. The van der Waals surface area contributed by atoms with Crippen LogP contribution >= 0.6 is 0 Å². The van der Waals surface area contributed by atoms with E-state index in [4.69, 9.17) is 9.84 Å². The standard InChI is InChI=1S/C43H48F3N11O4/c1-53-31-10-8-26(20-29(31)35-37(41(53)60)61-23-43(45,46)38(50-35)25-6-7-25)48-39-30(44)21-47-42(51-39)57-18-16-55(17-19-57)22-24-12-14-56(15-13-24)32-5-3-4-27-34(52-54(2)36(27)32)28-9-11-33(58)49-40(28)59/h3-5,8,10,20-21,24-25,28,38,50H,6-7,9,11-19,22-23H2,1-2H3,(H,47,48,51)(H,49,58,59). The number of rotatable bonds is 8. The first-order valence-corrected chi connectivity index (χ1v) is 21.2. The zero-order chi connectivity index (χ0) is 42.2. The van der Waals surface area contributed by atoms with Crippen LogP contribution < -0.4 is 36.0 Å². The third kappa shape index (κ3) is 7.27. The Bertz CT molecular complexity index is 2610. The SMILES string of the molecule is Cn1nc(C2CCC(=O)NC2=O)c2cccc(N3CCC(CN4CCN(c5ncc(F)c(Nc6ccc7c(c6)c6c(c(=O)n7C)OCC(F)(F)C(C7CC7)N6)n5)CC4)CC3)c21. The summed E-state index contributed by atoms with van der Waals surface area (Å²) in [5.74, 6) is -4.22. The van der Waals surface area contributed by atoms with Gasteiger partial charge < -0.3 is 29.7 Å². The van der Waals surface area contributed by atoms with E-state index in [2.05, 4.69) is 46.7 Å². The number of imide groups is 1. The molecule has 10 rings (SSSR count). The van der Waals surface area contributed by atoms with Crippen LogP contribution in [0.1, 0.15) is 50.1 Å². The number of pyridine rings is 1. The predicted molar refractivity (Wildman–Crippen MR) is 224 cm³/mol. The summed E-state index contributed by atoms with van der Waals surface area (Å²) in [4.78, 5) is 53.5. The van der Waals surface area contributed by atoms with Crippen molar-refractivity contribution >= 4 is 62.4 Å². The number of anilines is 5. The summed E-state index contributed by atoms with van der Waals surface area (Å²) in [6.07, 6.45) is 5.34. The molecule has 5 aliphatic rings. The van der Waals surface area contributed by atoms with Crippen LogP contribution in [0.25, 0.3) is 21.8 Å². The highest BCUT2D eigenvalue weighted by Gasteiger charge is 2.51. The molecule has 2 atom stereocenters. The van der Waals surface area contributed by atoms with Crippen LogP contribution in [0.4, 0.5) is 42.0 Å². The fraction of sp³-hybridized carbons (Fsp3) is 0.488. The molecule has 15 nitrogen and oxygen atoms in total. The number of piperidine rings is 2. The van der Waals surface area contributed by atoms with Gasteiger partial charge in [0.25, 0.3) is 5.56 Å². The molecule has 7 heterocycles. The molecule has 61 heavy (non-hydrogen) atoms. The third-order valence-corrected chi connectivity index (χ3v) is 13.2. The van der Waals surface area contributed by atoms with Crippen LogP contribution in [-0.4, -0.2) is 105 Å². The number of ether oxygens (including phenoxy) is 1. The lowest BCUT2D eigenvalue weighted by molar-refractivity contribution is -0.134. The molecule has 3 aromatic heterocycles. The van der Waals surface area contributed by atoms with Crippen molar-refractivity contribution in [3.63, 3.8) is 0 Å². The maximum Gasteiger partial charge on any atom is 0.301 e. The first-order chi connectivity index (χ1) is 29.4. The van der Waals surface area contributed by atoms with Gasteiger partial charge in [-0.05, 0) is 68.2 Å². The topological polar surface area (TPSA) is 155 Å². The molecule has 320 valence electrons. The van der Waals surface area contributed by atoms with E-state index in [1.54, 1.807) is 25.2 Å². The molecule has 18 heteroatoms. The van der Waals surface area contributed by atoms with Gasteiger partial charge in [-0.25, -0.2) is 18.2 Å². The summed E-state index contributed by atoms with van der Waals surface area (Å²) in [6.45, 7) is 4.87. The molecule has 0 spiro atoms. The normalized spacial score (nSPS) is 22.4. The number of aryl methyl sites for hydroxylation is 2. The van der Waals surface area contributed by atoms with E-state index in [1.165, 1.54) is 4.57 Å². The predicted octanol–water partition coefficient (Wildman–Crippen LogP) is 4.87. The lowest BCUT2D eigenvalue weighted by Gasteiger charge is -2.39. The summed E-state index contributed by atoms with van der Waals surface area (Å²) >= 11 is 0. The molecule has 0 radical (unpaired) electrons. The third-order valence-electron chi connectivity index (χ3n) is 13.2. The number of fused-ring (bicyclic) bond motifs is 4. The number of para-hydroxylation sites is 1. The molecular weight excluding hydrogens is 792 g/mol. The Kier molecular flexibility index (Phi) is 9.79. The van der Waals surface area contributed by atoms with Gasteiger partial charge >= 0.3 is 5.92 Å². The minimum absolute atomic E-state index is 0.0185. The number of halogens is 3. The number of alkyl halides is 2. The minimum Gasteiger partial charge on any atom is -0.480 e. The van der Waals surface area contributed by atoms with E-state index in [-0.39, 0.29) is 35.0 Å². The van der Waals surface area contributed by atoms with E-state index < -0.39 is 35.9 Å². The molecule has 1 saturated carbocycles. The largest absolute Gasteiger partial charge is 0.480 e. The number of benzene rings is 2. The number of nitrogens with zero attached hydrogens (tertiary/aromatic N) is 8. The maximum atomic E-state index is 15.3. The number of carbonyl (C=O) groups excluding carboxylic acids is 2. The lowest BCUT2D eigenvalue weighted by Crippen LogP contribution is -2.49. The number of carbonyl (C=O) groups is 2. The molecule has 4 aliphatic heterocycles. The van der Waals surface area contributed by atoms with Crippen molar-refractivity contribution in [3.8, 4) is 5.75 Å². The van der Waals surface area contributed by atoms with E-state index in [0.717, 1.165) is 74.0 Å². The Morgan fingerprint density at radius 1 is 0.934 bits per heavy atom. The number of hydrogen-bond donors (Lipinski definition) is 3. The molecule has 0 bridgehead atoms. The van der Waals surface area contributed by atoms with Gasteiger partial charge in [0.1, 0.15) is 0 Å². The van der Waals surface area contributed by atoms with Gasteiger partial charge in [0.2, 0.25) is 23.5 Å². The van der Waals surface area contributed by atoms with Gasteiger partial charge in [-0.3, -0.25) is 29.3 Å². The molecule has 3 saturated heterocycles. The van der Waals surface area contributed by atoms with E-state index >= 15 is 13.2 Å². The van der Waals surface area contributed by atoms with Crippen molar-refractivity contribution in [3.05, 3.63) is 64.5 Å². The van der Waals surface area contributed by atoms with Gasteiger partial charge in [-0.2, -0.15) is 10.1 Å². The Hall–Kier alpha value is -5.91. The van der Waals surface area contributed by atoms with Crippen molar-refractivity contribution in [2.24, 2.45) is 25.9 Å². The minimum atomic E-state index is -3.16.